The summed E-state index contributed by atoms with van der Waals surface area (Å²) in [6.45, 7) is 7.60. The number of benzene rings is 1. The van der Waals surface area contributed by atoms with Gasteiger partial charge in [0.15, 0.2) is 17.3 Å². The smallest absolute Gasteiger partial charge is 0.181 e. The number of aromatic nitrogens is 1. The number of ketones is 3. The third kappa shape index (κ3) is 2.79. The molecule has 174 valence electrons. The number of hydrogen-bond donors (Lipinski definition) is 0. The standard InChI is InChI=1S/C27H32N2O4/c1-7-8-15-16-11-17-19(29(5)6)10-9-13(2)21(17)24(30)23(16)26(32)27(4)18(15)12-20-22(25(27)31)14(3)28-33-20/h9-10,15-16,18,23H,7-8,11-12H2,1-6H3. The molecule has 6 nitrogen and oxygen atoms in total. The normalized spacial score (nSPS) is 30.4. The molecule has 1 fully saturated rings. The molecule has 0 aliphatic heterocycles. The average Bonchev–Trinajstić information content (AvgIpc) is 3.13. The van der Waals surface area contributed by atoms with Crippen molar-refractivity contribution in [2.45, 2.75) is 53.4 Å². The first-order valence-corrected chi connectivity index (χ1v) is 12.0. The Kier molecular flexibility index (Phi) is 4.93. The predicted molar refractivity (Wildman–Crippen MR) is 125 cm³/mol. The van der Waals surface area contributed by atoms with E-state index in [-0.39, 0.29) is 35.1 Å². The van der Waals surface area contributed by atoms with Crippen LogP contribution in [0.5, 0.6) is 0 Å². The number of hydrogen-bond acceptors (Lipinski definition) is 6. The zero-order chi connectivity index (χ0) is 23.8. The van der Waals surface area contributed by atoms with Gasteiger partial charge in [0.25, 0.3) is 0 Å². The van der Waals surface area contributed by atoms with Crippen LogP contribution < -0.4 is 4.90 Å². The molecule has 5 atom stereocenters. The molecule has 33 heavy (non-hydrogen) atoms. The Morgan fingerprint density at radius 3 is 2.52 bits per heavy atom. The van der Waals surface area contributed by atoms with Gasteiger partial charge in [-0.3, -0.25) is 14.4 Å². The fraction of sp³-hybridized carbons (Fsp3) is 0.556. The maximum Gasteiger partial charge on any atom is 0.181 e. The van der Waals surface area contributed by atoms with Gasteiger partial charge >= 0.3 is 0 Å². The van der Waals surface area contributed by atoms with Crippen LogP contribution in [0.4, 0.5) is 5.69 Å². The summed E-state index contributed by atoms with van der Waals surface area (Å²) < 4.78 is 5.54. The highest BCUT2D eigenvalue weighted by Crippen LogP contribution is 2.57. The van der Waals surface area contributed by atoms with Crippen molar-refractivity contribution in [2.75, 3.05) is 19.0 Å². The van der Waals surface area contributed by atoms with Gasteiger partial charge in [-0.25, -0.2) is 0 Å². The number of aryl methyl sites for hydroxylation is 2. The summed E-state index contributed by atoms with van der Waals surface area (Å²) in [5.74, 6) is -0.890. The van der Waals surface area contributed by atoms with Crippen LogP contribution in [0.2, 0.25) is 0 Å². The van der Waals surface area contributed by atoms with Crippen LogP contribution in [0.1, 0.15) is 70.0 Å². The topological polar surface area (TPSA) is 80.5 Å². The zero-order valence-corrected chi connectivity index (χ0v) is 20.3. The SMILES string of the molecule is CCCC1C2Cc3c(N(C)C)ccc(C)c3C(=O)C2C(=O)C2(C)C(=O)c3c(C)noc3CC12. The Morgan fingerprint density at radius 2 is 1.85 bits per heavy atom. The third-order valence-electron chi connectivity index (χ3n) is 8.64. The van der Waals surface area contributed by atoms with E-state index in [1.54, 1.807) is 13.8 Å². The summed E-state index contributed by atoms with van der Waals surface area (Å²) >= 11 is 0. The maximum absolute atomic E-state index is 14.2. The van der Waals surface area contributed by atoms with Crippen molar-refractivity contribution in [3.05, 3.63) is 45.8 Å². The summed E-state index contributed by atoms with van der Waals surface area (Å²) in [6, 6.07) is 4.03. The fourth-order valence-electron chi connectivity index (χ4n) is 7.06. The summed E-state index contributed by atoms with van der Waals surface area (Å²) in [6.07, 6.45) is 3.00. The molecule has 1 aromatic carbocycles. The number of rotatable bonds is 3. The second kappa shape index (κ2) is 7.37. The minimum Gasteiger partial charge on any atom is -0.377 e. The lowest BCUT2D eigenvalue weighted by molar-refractivity contribution is -0.142. The highest BCUT2D eigenvalue weighted by atomic mass is 16.5. The van der Waals surface area contributed by atoms with Crippen molar-refractivity contribution in [1.82, 2.24) is 5.16 Å². The Hall–Kier alpha value is -2.76. The zero-order valence-electron chi connectivity index (χ0n) is 20.3. The molecule has 0 amide bonds. The molecule has 1 aromatic heterocycles. The maximum atomic E-state index is 14.2. The van der Waals surface area contributed by atoms with Crippen LogP contribution in [-0.4, -0.2) is 36.6 Å². The fourth-order valence-corrected chi connectivity index (χ4v) is 7.06. The molecule has 1 heterocycles. The van der Waals surface area contributed by atoms with Gasteiger partial charge in [-0.15, -0.1) is 0 Å². The van der Waals surface area contributed by atoms with Gasteiger partial charge in [-0.05, 0) is 62.1 Å². The quantitative estimate of drug-likeness (QED) is 0.648. The summed E-state index contributed by atoms with van der Waals surface area (Å²) in [5.41, 5.74) is 3.42. The molecule has 3 aliphatic carbocycles. The highest BCUT2D eigenvalue weighted by molar-refractivity contribution is 6.24. The van der Waals surface area contributed by atoms with Crippen LogP contribution in [0.15, 0.2) is 16.7 Å². The largest absolute Gasteiger partial charge is 0.377 e. The number of nitrogens with zero attached hydrogens (tertiary/aromatic N) is 2. The molecule has 0 spiro atoms. The molecular formula is C27H32N2O4. The summed E-state index contributed by atoms with van der Waals surface area (Å²) in [4.78, 5) is 44.0. The number of fused-ring (bicyclic) bond motifs is 4. The Balaban J connectivity index is 1.71. The minimum atomic E-state index is -1.22. The van der Waals surface area contributed by atoms with Crippen LogP contribution in [0, 0.1) is 42.9 Å². The van der Waals surface area contributed by atoms with Gasteiger partial charge in [0.05, 0.1) is 22.6 Å². The predicted octanol–water partition coefficient (Wildman–Crippen LogP) is 4.39. The molecule has 3 aliphatic rings. The second-order valence-corrected chi connectivity index (χ2v) is 10.6. The number of carbonyl (C=O) groups is 3. The van der Waals surface area contributed by atoms with Gasteiger partial charge < -0.3 is 9.42 Å². The molecule has 0 radical (unpaired) electrons. The Morgan fingerprint density at radius 1 is 1.12 bits per heavy atom. The molecule has 0 saturated heterocycles. The minimum absolute atomic E-state index is 0.0813. The van der Waals surface area contributed by atoms with E-state index in [0.29, 0.717) is 35.4 Å². The van der Waals surface area contributed by atoms with Crippen molar-refractivity contribution >= 4 is 23.0 Å². The first-order valence-electron chi connectivity index (χ1n) is 12.0. The van der Waals surface area contributed by atoms with Crippen molar-refractivity contribution in [2.24, 2.45) is 29.1 Å². The lowest BCUT2D eigenvalue weighted by atomic mass is 9.46. The lowest BCUT2D eigenvalue weighted by Gasteiger charge is -2.53. The first kappa shape index (κ1) is 22.1. The molecule has 5 rings (SSSR count). The van der Waals surface area contributed by atoms with E-state index in [0.717, 1.165) is 29.7 Å². The van der Waals surface area contributed by atoms with Gasteiger partial charge in [0.2, 0.25) is 0 Å². The van der Waals surface area contributed by atoms with Crippen molar-refractivity contribution in [3.8, 4) is 0 Å². The first-order chi connectivity index (χ1) is 15.6. The van der Waals surface area contributed by atoms with E-state index >= 15 is 0 Å². The van der Waals surface area contributed by atoms with Crippen molar-refractivity contribution in [3.63, 3.8) is 0 Å². The van der Waals surface area contributed by atoms with Crippen LogP contribution in [0.25, 0.3) is 0 Å². The summed E-state index contributed by atoms with van der Waals surface area (Å²) in [5, 5.41) is 4.03. The van der Waals surface area contributed by atoms with E-state index in [2.05, 4.69) is 18.1 Å². The molecule has 1 saturated carbocycles. The number of carbonyl (C=O) groups excluding carboxylic acids is 3. The van der Waals surface area contributed by atoms with Crippen LogP contribution >= 0.6 is 0 Å². The lowest BCUT2D eigenvalue weighted by Crippen LogP contribution is -2.62. The van der Waals surface area contributed by atoms with Gasteiger partial charge in [0, 0.05) is 31.8 Å². The molecule has 6 heteroatoms. The molecule has 5 unspecified atom stereocenters. The molecule has 2 aromatic rings. The van der Waals surface area contributed by atoms with E-state index in [4.69, 9.17) is 4.52 Å². The Bertz CT molecular complexity index is 1190. The number of Topliss-reactive ketones (excluding diaryl/α,β-unsaturated/α-hetero) is 3. The molecule has 0 N–H and O–H groups in total. The van der Waals surface area contributed by atoms with Crippen molar-refractivity contribution in [1.29, 1.82) is 0 Å². The van der Waals surface area contributed by atoms with Crippen molar-refractivity contribution < 1.29 is 18.9 Å². The van der Waals surface area contributed by atoms with Gasteiger partial charge in [-0.1, -0.05) is 31.0 Å². The average molecular weight is 449 g/mol. The summed E-state index contributed by atoms with van der Waals surface area (Å²) in [7, 11) is 3.98. The second-order valence-electron chi connectivity index (χ2n) is 10.6. The van der Waals surface area contributed by atoms with E-state index < -0.39 is 11.3 Å². The van der Waals surface area contributed by atoms with E-state index in [1.807, 2.05) is 32.0 Å². The van der Waals surface area contributed by atoms with Crippen LogP contribution in [0.3, 0.4) is 0 Å². The highest BCUT2D eigenvalue weighted by Gasteiger charge is 2.64. The van der Waals surface area contributed by atoms with Crippen LogP contribution in [-0.2, 0) is 17.6 Å². The van der Waals surface area contributed by atoms with Gasteiger partial charge in [0.1, 0.15) is 5.76 Å². The molecular weight excluding hydrogens is 416 g/mol. The van der Waals surface area contributed by atoms with Gasteiger partial charge in [-0.2, -0.15) is 0 Å². The third-order valence-corrected chi connectivity index (χ3v) is 8.64. The van der Waals surface area contributed by atoms with E-state index in [1.165, 1.54) is 0 Å². The number of anilines is 1. The Labute approximate surface area is 194 Å². The monoisotopic (exact) mass is 448 g/mol. The molecule has 0 bridgehead atoms. The van der Waals surface area contributed by atoms with E-state index in [9.17, 15) is 14.4 Å².